The van der Waals surface area contributed by atoms with Crippen LogP contribution in [0.15, 0.2) is 24.3 Å². The molecule has 1 aliphatic heterocycles. The Hall–Kier alpha value is -1.55. The van der Waals surface area contributed by atoms with Gasteiger partial charge in [-0.2, -0.15) is 0 Å². The van der Waals surface area contributed by atoms with E-state index in [4.69, 9.17) is 4.74 Å². The van der Waals surface area contributed by atoms with Gasteiger partial charge in [0, 0.05) is 12.2 Å². The molecule has 0 bridgehead atoms. The van der Waals surface area contributed by atoms with Gasteiger partial charge in [-0.05, 0) is 89.0 Å². The summed E-state index contributed by atoms with van der Waals surface area (Å²) < 4.78 is 5.71. The summed E-state index contributed by atoms with van der Waals surface area (Å²) in [6.07, 6.45) is 9.14. The van der Waals surface area contributed by atoms with Gasteiger partial charge in [-0.3, -0.25) is 4.79 Å². The number of carbonyl (C=O) groups excluding carboxylic acids is 1. The second-order valence-electron chi connectivity index (χ2n) is 9.23. The summed E-state index contributed by atoms with van der Waals surface area (Å²) in [5.41, 5.74) is 0.188. The van der Waals surface area contributed by atoms with Crippen molar-refractivity contribution in [2.75, 3.05) is 11.4 Å². The normalized spacial score (nSPS) is 32.0. The Bertz CT molecular complexity index is 667. The summed E-state index contributed by atoms with van der Waals surface area (Å²) in [5.74, 6) is 1.55. The summed E-state index contributed by atoms with van der Waals surface area (Å²) in [6, 6.07) is 7.89. The third-order valence-corrected chi connectivity index (χ3v) is 7.22. The maximum Gasteiger partial charge on any atom is 0.233 e. The molecular weight excluding hydrogens is 338 g/mol. The fourth-order valence-electron chi connectivity index (χ4n) is 5.54. The van der Waals surface area contributed by atoms with Crippen LogP contribution in [0.4, 0.5) is 5.69 Å². The Morgan fingerprint density at radius 1 is 1.04 bits per heavy atom. The fourth-order valence-corrected chi connectivity index (χ4v) is 5.54. The van der Waals surface area contributed by atoms with Crippen molar-refractivity contribution in [1.82, 2.24) is 0 Å². The molecule has 1 heterocycles. The number of amides is 1. The summed E-state index contributed by atoms with van der Waals surface area (Å²) in [7, 11) is 0. The van der Waals surface area contributed by atoms with Crippen LogP contribution in [0, 0.1) is 11.3 Å². The van der Waals surface area contributed by atoms with Gasteiger partial charge in [0.05, 0.1) is 17.1 Å². The Morgan fingerprint density at radius 2 is 1.67 bits per heavy atom. The zero-order valence-electron chi connectivity index (χ0n) is 16.7. The molecule has 1 spiro atoms. The molecule has 4 nitrogen and oxygen atoms in total. The molecule has 3 aliphatic rings. The molecule has 1 N–H and O–H groups in total. The average molecular weight is 372 g/mol. The molecule has 1 aromatic rings. The monoisotopic (exact) mass is 371 g/mol. The van der Waals surface area contributed by atoms with E-state index >= 15 is 0 Å². The molecular formula is C23H33NO3. The highest BCUT2D eigenvalue weighted by molar-refractivity contribution is 6.00. The summed E-state index contributed by atoms with van der Waals surface area (Å²) in [4.78, 5) is 15.2. The predicted molar refractivity (Wildman–Crippen MR) is 107 cm³/mol. The van der Waals surface area contributed by atoms with E-state index < -0.39 is 5.60 Å². The number of hydrogen-bond acceptors (Lipinski definition) is 3. The predicted octanol–water partition coefficient (Wildman–Crippen LogP) is 4.69. The van der Waals surface area contributed by atoms with Gasteiger partial charge in [-0.1, -0.05) is 12.8 Å². The lowest BCUT2D eigenvalue weighted by atomic mass is 9.64. The topological polar surface area (TPSA) is 49.8 Å². The molecule has 2 aliphatic carbocycles. The van der Waals surface area contributed by atoms with E-state index in [2.05, 4.69) is 0 Å². The van der Waals surface area contributed by atoms with Crippen molar-refractivity contribution in [3.05, 3.63) is 24.3 Å². The molecule has 27 heavy (non-hydrogen) atoms. The van der Waals surface area contributed by atoms with Gasteiger partial charge in [-0.15, -0.1) is 0 Å². The van der Waals surface area contributed by atoms with E-state index in [0.29, 0.717) is 5.92 Å². The SMILES string of the molecule is CC(C)Oc1ccc(N2CCC3(CCC(O)(C4CCCC4)CC3)C2=O)cc1. The quantitative estimate of drug-likeness (QED) is 0.835. The summed E-state index contributed by atoms with van der Waals surface area (Å²) in [5, 5.41) is 11.1. The third kappa shape index (κ3) is 3.49. The first-order valence-electron chi connectivity index (χ1n) is 10.7. The molecule has 3 fully saturated rings. The number of nitrogens with zero attached hydrogens (tertiary/aromatic N) is 1. The molecule has 1 amide bonds. The molecule has 4 rings (SSSR count). The molecule has 0 unspecified atom stereocenters. The van der Waals surface area contributed by atoms with Crippen molar-refractivity contribution in [3.8, 4) is 5.75 Å². The smallest absolute Gasteiger partial charge is 0.233 e. The van der Waals surface area contributed by atoms with Crippen LogP contribution in [0.25, 0.3) is 0 Å². The summed E-state index contributed by atoms with van der Waals surface area (Å²) >= 11 is 0. The second kappa shape index (κ2) is 7.12. The number of ether oxygens (including phenoxy) is 1. The summed E-state index contributed by atoms with van der Waals surface area (Å²) in [6.45, 7) is 4.81. The first-order chi connectivity index (χ1) is 12.9. The van der Waals surface area contributed by atoms with Gasteiger partial charge >= 0.3 is 0 Å². The van der Waals surface area contributed by atoms with Gasteiger partial charge in [0.25, 0.3) is 0 Å². The number of rotatable bonds is 4. The zero-order valence-corrected chi connectivity index (χ0v) is 16.7. The van der Waals surface area contributed by atoms with E-state index in [0.717, 1.165) is 62.9 Å². The Kier molecular flexibility index (Phi) is 4.96. The van der Waals surface area contributed by atoms with E-state index in [1.165, 1.54) is 12.8 Å². The van der Waals surface area contributed by atoms with Gasteiger partial charge in [-0.25, -0.2) is 0 Å². The first-order valence-corrected chi connectivity index (χ1v) is 10.7. The lowest BCUT2D eigenvalue weighted by Crippen LogP contribution is -2.46. The number of anilines is 1. The Balaban J connectivity index is 1.43. The molecule has 0 atom stereocenters. The number of benzene rings is 1. The van der Waals surface area contributed by atoms with Crippen molar-refractivity contribution in [3.63, 3.8) is 0 Å². The van der Waals surface area contributed by atoms with Crippen LogP contribution in [0.3, 0.4) is 0 Å². The van der Waals surface area contributed by atoms with E-state index in [1.54, 1.807) is 0 Å². The van der Waals surface area contributed by atoms with Crippen molar-refractivity contribution in [2.24, 2.45) is 11.3 Å². The van der Waals surface area contributed by atoms with Crippen molar-refractivity contribution >= 4 is 11.6 Å². The lowest BCUT2D eigenvalue weighted by Gasteiger charge is -2.44. The highest BCUT2D eigenvalue weighted by Crippen LogP contribution is 2.52. The van der Waals surface area contributed by atoms with Crippen LogP contribution in [-0.4, -0.2) is 29.3 Å². The van der Waals surface area contributed by atoms with Gasteiger partial charge in [0.15, 0.2) is 0 Å². The van der Waals surface area contributed by atoms with Crippen molar-refractivity contribution < 1.29 is 14.6 Å². The van der Waals surface area contributed by atoms with E-state index in [9.17, 15) is 9.90 Å². The van der Waals surface area contributed by atoms with Gasteiger partial charge < -0.3 is 14.7 Å². The zero-order chi connectivity index (χ0) is 19.1. The Labute approximate surface area is 162 Å². The molecule has 1 saturated heterocycles. The first kappa shape index (κ1) is 18.8. The minimum absolute atomic E-state index is 0.147. The largest absolute Gasteiger partial charge is 0.491 e. The minimum atomic E-state index is -0.523. The Morgan fingerprint density at radius 3 is 2.26 bits per heavy atom. The molecule has 0 radical (unpaired) electrons. The van der Waals surface area contributed by atoms with E-state index in [1.807, 2.05) is 43.0 Å². The van der Waals surface area contributed by atoms with E-state index in [-0.39, 0.29) is 17.4 Å². The third-order valence-electron chi connectivity index (χ3n) is 7.22. The van der Waals surface area contributed by atoms with Crippen molar-refractivity contribution in [1.29, 1.82) is 0 Å². The molecule has 2 saturated carbocycles. The highest BCUT2D eigenvalue weighted by Gasteiger charge is 2.53. The van der Waals surface area contributed by atoms with Crippen LogP contribution in [-0.2, 0) is 4.79 Å². The molecule has 0 aromatic heterocycles. The molecule has 148 valence electrons. The minimum Gasteiger partial charge on any atom is -0.491 e. The van der Waals surface area contributed by atoms with Gasteiger partial charge in [0.1, 0.15) is 5.75 Å². The van der Waals surface area contributed by atoms with Crippen LogP contribution < -0.4 is 9.64 Å². The van der Waals surface area contributed by atoms with Crippen LogP contribution >= 0.6 is 0 Å². The number of carbonyl (C=O) groups is 1. The fraction of sp³-hybridized carbons (Fsp3) is 0.696. The lowest BCUT2D eigenvalue weighted by molar-refractivity contribution is -0.133. The highest BCUT2D eigenvalue weighted by atomic mass is 16.5. The number of hydrogen-bond donors (Lipinski definition) is 1. The molecule has 1 aromatic carbocycles. The van der Waals surface area contributed by atoms with Crippen LogP contribution in [0.2, 0.25) is 0 Å². The van der Waals surface area contributed by atoms with Crippen LogP contribution in [0.5, 0.6) is 5.75 Å². The van der Waals surface area contributed by atoms with Crippen molar-refractivity contribution in [2.45, 2.75) is 83.3 Å². The maximum absolute atomic E-state index is 13.3. The number of aliphatic hydroxyl groups is 1. The van der Waals surface area contributed by atoms with Gasteiger partial charge in [0.2, 0.25) is 5.91 Å². The molecule has 4 heteroatoms. The maximum atomic E-state index is 13.3. The van der Waals surface area contributed by atoms with Crippen LogP contribution in [0.1, 0.15) is 71.6 Å². The second-order valence-corrected chi connectivity index (χ2v) is 9.23. The average Bonchev–Trinajstić information content (AvgIpc) is 3.29. The standard InChI is InChI=1S/C23H33NO3/c1-17(2)27-20-9-7-19(8-10-20)24-16-15-22(21(24)25)11-13-23(26,14-12-22)18-5-3-4-6-18/h7-10,17-18,26H,3-6,11-16H2,1-2H3.